The van der Waals surface area contributed by atoms with E-state index in [4.69, 9.17) is 0 Å². The van der Waals surface area contributed by atoms with E-state index in [0.717, 1.165) is 34.5 Å². The maximum Gasteiger partial charge on any atom is 0.278 e. The largest absolute Gasteiger partial charge is 0.278 e. The molecule has 0 N–H and O–H groups in total. The van der Waals surface area contributed by atoms with E-state index in [0.29, 0.717) is 5.56 Å². The zero-order valence-electron chi connectivity index (χ0n) is 12.5. The summed E-state index contributed by atoms with van der Waals surface area (Å²) in [7, 11) is 0. The van der Waals surface area contributed by atoms with Crippen LogP contribution < -0.4 is 0 Å². The lowest BCUT2D eigenvalue weighted by atomic mass is 10.1. The fraction of sp³-hybridized carbons (Fsp3) is 0.294. The molecule has 1 heterocycles. The number of hydrogen-bond donors (Lipinski definition) is 0. The average Bonchev–Trinajstić information content (AvgIpc) is 2.66. The summed E-state index contributed by atoms with van der Waals surface area (Å²) in [6, 6.07) is 7.56. The molecule has 0 radical (unpaired) electrons. The van der Waals surface area contributed by atoms with Crippen LogP contribution in [0.15, 0.2) is 36.4 Å². The molecule has 20 heavy (non-hydrogen) atoms. The van der Waals surface area contributed by atoms with Gasteiger partial charge < -0.3 is 0 Å². The molecule has 0 bridgehead atoms. The summed E-state index contributed by atoms with van der Waals surface area (Å²) in [6.45, 7) is 11.8. The maximum atomic E-state index is 12.5. The van der Waals surface area contributed by atoms with Crippen LogP contribution >= 0.6 is 0 Å². The van der Waals surface area contributed by atoms with Crippen LogP contribution in [-0.4, -0.2) is 15.7 Å². The van der Waals surface area contributed by atoms with Crippen molar-refractivity contribution < 1.29 is 4.79 Å². The maximum absolute atomic E-state index is 12.5. The minimum Gasteiger partial charge on any atom is -0.267 e. The Labute approximate surface area is 119 Å². The first-order chi connectivity index (χ1) is 9.40. The van der Waals surface area contributed by atoms with E-state index in [1.807, 2.05) is 52.0 Å². The van der Waals surface area contributed by atoms with E-state index < -0.39 is 0 Å². The summed E-state index contributed by atoms with van der Waals surface area (Å²) >= 11 is 0. The Morgan fingerprint density at radius 2 is 1.80 bits per heavy atom. The van der Waals surface area contributed by atoms with Gasteiger partial charge in [0.15, 0.2) is 0 Å². The first-order valence-corrected chi connectivity index (χ1v) is 6.71. The van der Waals surface area contributed by atoms with Gasteiger partial charge in [0.25, 0.3) is 5.91 Å². The second-order valence-electron chi connectivity index (χ2n) is 5.37. The molecule has 0 spiro atoms. The van der Waals surface area contributed by atoms with Crippen molar-refractivity contribution in [2.24, 2.45) is 0 Å². The quantitative estimate of drug-likeness (QED) is 0.797. The summed E-state index contributed by atoms with van der Waals surface area (Å²) in [5.41, 5.74) is 5.75. The van der Waals surface area contributed by atoms with E-state index in [1.54, 1.807) is 0 Å². The van der Waals surface area contributed by atoms with Crippen molar-refractivity contribution in [3.05, 3.63) is 64.5 Å². The van der Waals surface area contributed by atoms with Gasteiger partial charge in [-0.25, -0.2) is 4.68 Å². The highest BCUT2D eigenvalue weighted by Crippen LogP contribution is 2.18. The van der Waals surface area contributed by atoms with Crippen molar-refractivity contribution >= 4 is 5.91 Å². The molecule has 0 unspecified atom stereocenters. The number of nitrogens with zero attached hydrogens (tertiary/aromatic N) is 2. The van der Waals surface area contributed by atoms with Gasteiger partial charge in [0.2, 0.25) is 0 Å². The minimum atomic E-state index is -0.0847. The van der Waals surface area contributed by atoms with Crippen molar-refractivity contribution in [3.63, 3.8) is 0 Å². The lowest BCUT2D eigenvalue weighted by Crippen LogP contribution is -2.15. The monoisotopic (exact) mass is 268 g/mol. The molecule has 104 valence electrons. The summed E-state index contributed by atoms with van der Waals surface area (Å²) in [6.07, 6.45) is 0.763. The van der Waals surface area contributed by atoms with Gasteiger partial charge >= 0.3 is 0 Å². The Bertz CT molecular complexity index is 663. The standard InChI is InChI=1S/C17H20N2O/c1-11(2)10-16-13(4)18-19(14(16)5)17(20)15-8-6-12(3)7-9-15/h6-9H,1,10H2,2-5H3. The SMILES string of the molecule is C=C(C)Cc1c(C)nn(C(=O)c2ccc(C)cc2)c1C. The smallest absolute Gasteiger partial charge is 0.267 e. The average molecular weight is 268 g/mol. The van der Waals surface area contributed by atoms with Crippen molar-refractivity contribution in [1.29, 1.82) is 0 Å². The molecule has 0 saturated carbocycles. The minimum absolute atomic E-state index is 0.0847. The number of rotatable bonds is 3. The first-order valence-electron chi connectivity index (χ1n) is 6.71. The third-order valence-electron chi connectivity index (χ3n) is 3.41. The van der Waals surface area contributed by atoms with Crippen LogP contribution in [0.4, 0.5) is 0 Å². The van der Waals surface area contributed by atoms with Gasteiger partial charge in [0.1, 0.15) is 0 Å². The summed E-state index contributed by atoms with van der Waals surface area (Å²) < 4.78 is 1.50. The Balaban J connectivity index is 2.40. The van der Waals surface area contributed by atoms with E-state index in [1.165, 1.54) is 4.68 Å². The van der Waals surface area contributed by atoms with Gasteiger partial charge in [-0.05, 0) is 46.2 Å². The normalized spacial score (nSPS) is 10.6. The Morgan fingerprint density at radius 1 is 1.20 bits per heavy atom. The fourth-order valence-corrected chi connectivity index (χ4v) is 2.25. The fourth-order valence-electron chi connectivity index (χ4n) is 2.25. The number of aromatic nitrogens is 2. The Morgan fingerprint density at radius 3 is 2.35 bits per heavy atom. The van der Waals surface area contributed by atoms with Crippen LogP contribution in [0.1, 0.15) is 39.8 Å². The second-order valence-corrected chi connectivity index (χ2v) is 5.37. The first kappa shape index (κ1) is 14.3. The van der Waals surface area contributed by atoms with Crippen molar-refractivity contribution in [1.82, 2.24) is 9.78 Å². The van der Waals surface area contributed by atoms with Gasteiger partial charge in [0.05, 0.1) is 5.69 Å². The highest BCUT2D eigenvalue weighted by Gasteiger charge is 2.17. The molecule has 0 aliphatic heterocycles. The highest BCUT2D eigenvalue weighted by molar-refractivity contribution is 5.96. The summed E-state index contributed by atoms with van der Waals surface area (Å²) in [5, 5.41) is 4.39. The van der Waals surface area contributed by atoms with Crippen LogP contribution in [0.25, 0.3) is 0 Å². The molecule has 3 nitrogen and oxygen atoms in total. The topological polar surface area (TPSA) is 34.9 Å². The van der Waals surface area contributed by atoms with Crippen molar-refractivity contribution in [3.8, 4) is 0 Å². The van der Waals surface area contributed by atoms with Crippen LogP contribution in [0.2, 0.25) is 0 Å². The molecule has 0 aliphatic rings. The molecule has 1 aromatic carbocycles. The van der Waals surface area contributed by atoms with Gasteiger partial charge in [-0.15, -0.1) is 0 Å². The molecule has 1 aromatic heterocycles. The van der Waals surface area contributed by atoms with Crippen LogP contribution in [0.3, 0.4) is 0 Å². The van der Waals surface area contributed by atoms with Crippen molar-refractivity contribution in [2.45, 2.75) is 34.1 Å². The van der Waals surface area contributed by atoms with Gasteiger partial charge in [-0.3, -0.25) is 4.79 Å². The predicted octanol–water partition coefficient (Wildman–Crippen LogP) is 3.62. The third kappa shape index (κ3) is 2.72. The van der Waals surface area contributed by atoms with Crippen molar-refractivity contribution in [2.75, 3.05) is 0 Å². The number of aryl methyl sites for hydroxylation is 2. The molecule has 0 atom stereocenters. The molecule has 0 saturated heterocycles. The number of allylic oxidation sites excluding steroid dienone is 1. The number of carbonyl (C=O) groups excluding carboxylic acids is 1. The van der Waals surface area contributed by atoms with E-state index in [2.05, 4.69) is 11.7 Å². The summed E-state index contributed by atoms with van der Waals surface area (Å²) in [4.78, 5) is 12.5. The molecular weight excluding hydrogens is 248 g/mol. The van der Waals surface area contributed by atoms with E-state index >= 15 is 0 Å². The molecular formula is C17H20N2O. The lowest BCUT2D eigenvalue weighted by Gasteiger charge is -2.05. The van der Waals surface area contributed by atoms with E-state index in [9.17, 15) is 4.79 Å². The van der Waals surface area contributed by atoms with Crippen LogP contribution in [0.5, 0.6) is 0 Å². The Hall–Kier alpha value is -2.16. The number of hydrogen-bond acceptors (Lipinski definition) is 2. The van der Waals surface area contributed by atoms with E-state index in [-0.39, 0.29) is 5.91 Å². The van der Waals surface area contributed by atoms with Crippen LogP contribution in [-0.2, 0) is 6.42 Å². The lowest BCUT2D eigenvalue weighted by molar-refractivity contribution is 0.0942. The van der Waals surface area contributed by atoms with Crippen LogP contribution in [0, 0.1) is 20.8 Å². The Kier molecular flexibility index (Phi) is 3.89. The zero-order valence-corrected chi connectivity index (χ0v) is 12.5. The number of benzene rings is 1. The van der Waals surface area contributed by atoms with Gasteiger partial charge in [-0.2, -0.15) is 5.10 Å². The zero-order chi connectivity index (χ0) is 14.9. The summed E-state index contributed by atoms with van der Waals surface area (Å²) in [5.74, 6) is -0.0847. The predicted molar refractivity (Wildman–Crippen MR) is 81.1 cm³/mol. The molecule has 2 aromatic rings. The number of carbonyl (C=O) groups is 1. The molecule has 0 amide bonds. The molecule has 0 aliphatic carbocycles. The molecule has 0 fully saturated rings. The highest BCUT2D eigenvalue weighted by atomic mass is 16.2. The second kappa shape index (κ2) is 5.45. The molecule has 3 heteroatoms. The molecule has 2 rings (SSSR count). The third-order valence-corrected chi connectivity index (χ3v) is 3.41. The van der Waals surface area contributed by atoms with Gasteiger partial charge in [0, 0.05) is 16.8 Å². The van der Waals surface area contributed by atoms with Gasteiger partial charge in [-0.1, -0.05) is 29.8 Å².